The van der Waals surface area contributed by atoms with Crippen molar-refractivity contribution in [3.63, 3.8) is 0 Å². The number of carbonyl (C=O) groups excluding carboxylic acids is 2. The third-order valence-corrected chi connectivity index (χ3v) is 6.57. The molecule has 1 amide bonds. The second-order valence-electron chi connectivity index (χ2n) is 8.47. The van der Waals surface area contributed by atoms with Crippen LogP contribution in [-0.4, -0.2) is 49.6 Å². The Morgan fingerprint density at radius 1 is 0.921 bits per heavy atom. The van der Waals surface area contributed by atoms with Gasteiger partial charge in [-0.05, 0) is 60.5 Å². The number of ketones is 1. The average Bonchev–Trinajstić information content (AvgIpc) is 3.18. The van der Waals surface area contributed by atoms with Gasteiger partial charge in [-0.2, -0.15) is 0 Å². The van der Waals surface area contributed by atoms with Crippen LogP contribution >= 0.6 is 11.6 Å². The summed E-state index contributed by atoms with van der Waals surface area (Å²) in [5, 5.41) is 11.8. The molecule has 4 rings (SSSR count). The highest BCUT2D eigenvalue weighted by atomic mass is 35.5. The number of ether oxygens (including phenoxy) is 4. The summed E-state index contributed by atoms with van der Waals surface area (Å²) in [5.74, 6) is 0.0557. The summed E-state index contributed by atoms with van der Waals surface area (Å²) < 4.78 is 21.7. The van der Waals surface area contributed by atoms with Gasteiger partial charge in [0.2, 0.25) is 0 Å². The molecule has 0 bridgehead atoms. The van der Waals surface area contributed by atoms with Crippen LogP contribution in [-0.2, 0) is 16.1 Å². The predicted octanol–water partition coefficient (Wildman–Crippen LogP) is 5.39. The molecule has 1 heterocycles. The monoisotopic (exact) mass is 537 g/mol. The van der Waals surface area contributed by atoms with Gasteiger partial charge in [0.25, 0.3) is 11.7 Å². The minimum absolute atomic E-state index is 0.0477. The van der Waals surface area contributed by atoms with Crippen molar-refractivity contribution in [2.45, 2.75) is 19.5 Å². The van der Waals surface area contributed by atoms with Gasteiger partial charge < -0.3 is 29.0 Å². The molecule has 1 fully saturated rings. The minimum Gasteiger partial charge on any atom is -0.507 e. The Hall–Kier alpha value is -4.17. The first-order valence-corrected chi connectivity index (χ1v) is 12.3. The van der Waals surface area contributed by atoms with Gasteiger partial charge in [0.15, 0.2) is 11.5 Å². The van der Waals surface area contributed by atoms with E-state index in [1.807, 2.05) is 6.92 Å². The number of benzene rings is 3. The maximum Gasteiger partial charge on any atom is 0.295 e. The number of carbonyl (C=O) groups is 2. The molecule has 1 unspecified atom stereocenters. The number of methoxy groups -OCH3 is 3. The molecule has 1 atom stereocenters. The van der Waals surface area contributed by atoms with E-state index in [1.165, 1.54) is 26.2 Å². The zero-order valence-electron chi connectivity index (χ0n) is 21.5. The molecule has 9 heteroatoms. The molecule has 38 heavy (non-hydrogen) atoms. The third kappa shape index (κ3) is 5.13. The summed E-state index contributed by atoms with van der Waals surface area (Å²) in [6.45, 7) is 2.25. The van der Waals surface area contributed by atoms with Gasteiger partial charge >= 0.3 is 0 Å². The molecule has 0 aliphatic carbocycles. The molecule has 3 aromatic rings. The predicted molar refractivity (Wildman–Crippen MR) is 143 cm³/mol. The van der Waals surface area contributed by atoms with Gasteiger partial charge in [-0.25, -0.2) is 0 Å². The van der Waals surface area contributed by atoms with Crippen LogP contribution in [0.4, 0.5) is 0 Å². The first-order valence-electron chi connectivity index (χ1n) is 11.9. The molecular formula is C29H28ClNO7. The first kappa shape index (κ1) is 26.9. The number of likely N-dealkylation sites (tertiary alicyclic amines) is 1. The molecule has 0 aromatic heterocycles. The normalized spacial score (nSPS) is 16.4. The van der Waals surface area contributed by atoms with Crippen molar-refractivity contribution in [3.05, 3.63) is 87.9 Å². The summed E-state index contributed by atoms with van der Waals surface area (Å²) in [6, 6.07) is 16.1. The number of halogens is 1. The molecular weight excluding hydrogens is 510 g/mol. The molecule has 1 aliphatic heterocycles. The van der Waals surface area contributed by atoms with Crippen molar-refractivity contribution in [3.8, 4) is 23.0 Å². The SMILES string of the molecule is CCOc1cc(/C(O)=C2/C(=O)C(=O)N(Cc3ccc(OC)c(OC)c3)C2c2cccc(OC)c2)ccc1Cl. The molecule has 1 saturated heterocycles. The van der Waals surface area contributed by atoms with Crippen molar-refractivity contribution >= 4 is 29.1 Å². The van der Waals surface area contributed by atoms with Gasteiger partial charge in [-0.15, -0.1) is 0 Å². The number of aliphatic hydroxyl groups excluding tert-OH is 1. The fourth-order valence-electron chi connectivity index (χ4n) is 4.45. The zero-order valence-corrected chi connectivity index (χ0v) is 22.2. The lowest BCUT2D eigenvalue weighted by atomic mass is 9.95. The smallest absolute Gasteiger partial charge is 0.295 e. The van der Waals surface area contributed by atoms with Gasteiger partial charge in [0.1, 0.15) is 17.3 Å². The van der Waals surface area contributed by atoms with Crippen LogP contribution in [0.25, 0.3) is 5.76 Å². The van der Waals surface area contributed by atoms with Crippen LogP contribution < -0.4 is 18.9 Å². The number of aliphatic hydroxyl groups is 1. The molecule has 8 nitrogen and oxygen atoms in total. The zero-order chi connectivity index (χ0) is 27.4. The van der Waals surface area contributed by atoms with E-state index in [9.17, 15) is 14.7 Å². The number of nitrogens with zero attached hydrogens (tertiary/aromatic N) is 1. The maximum atomic E-state index is 13.4. The summed E-state index contributed by atoms with van der Waals surface area (Å²) in [6.07, 6.45) is 0. The summed E-state index contributed by atoms with van der Waals surface area (Å²) in [7, 11) is 4.59. The quantitative estimate of drug-likeness (QED) is 0.222. The van der Waals surface area contributed by atoms with Crippen LogP contribution in [0.5, 0.6) is 23.0 Å². The Morgan fingerprint density at radius 2 is 1.68 bits per heavy atom. The largest absolute Gasteiger partial charge is 0.507 e. The Bertz CT molecular complexity index is 1400. The van der Waals surface area contributed by atoms with Gasteiger partial charge in [-0.3, -0.25) is 9.59 Å². The van der Waals surface area contributed by atoms with Crippen molar-refractivity contribution < 1.29 is 33.6 Å². The van der Waals surface area contributed by atoms with Gasteiger partial charge in [0.05, 0.1) is 44.6 Å². The molecule has 0 saturated carbocycles. The first-order chi connectivity index (χ1) is 18.3. The van der Waals surface area contributed by atoms with Crippen LogP contribution in [0.2, 0.25) is 5.02 Å². The minimum atomic E-state index is -0.885. The van der Waals surface area contributed by atoms with Crippen molar-refractivity contribution in [2.24, 2.45) is 0 Å². The fourth-order valence-corrected chi connectivity index (χ4v) is 4.62. The molecule has 1 aliphatic rings. The Balaban J connectivity index is 1.86. The Labute approximate surface area is 225 Å². The molecule has 0 radical (unpaired) electrons. The highest BCUT2D eigenvalue weighted by Gasteiger charge is 2.46. The summed E-state index contributed by atoms with van der Waals surface area (Å²) in [5.41, 5.74) is 1.57. The van der Waals surface area contributed by atoms with Crippen molar-refractivity contribution in [1.82, 2.24) is 4.90 Å². The second-order valence-corrected chi connectivity index (χ2v) is 8.88. The molecule has 3 aromatic carbocycles. The number of amides is 1. The summed E-state index contributed by atoms with van der Waals surface area (Å²) >= 11 is 6.22. The van der Waals surface area contributed by atoms with Crippen molar-refractivity contribution in [1.29, 1.82) is 0 Å². The van der Waals surface area contributed by atoms with Crippen LogP contribution in [0, 0.1) is 0 Å². The lowest BCUT2D eigenvalue weighted by Crippen LogP contribution is -2.29. The number of Topliss-reactive ketones (excluding diaryl/α,β-unsaturated/α-hetero) is 1. The topological polar surface area (TPSA) is 94.5 Å². The van der Waals surface area contributed by atoms with Gasteiger partial charge in [-0.1, -0.05) is 29.8 Å². The van der Waals surface area contributed by atoms with E-state index in [0.717, 1.165) is 0 Å². The number of rotatable bonds is 9. The van der Waals surface area contributed by atoms with E-state index in [1.54, 1.807) is 60.7 Å². The molecule has 1 N–H and O–H groups in total. The maximum absolute atomic E-state index is 13.4. The van der Waals surface area contributed by atoms with E-state index >= 15 is 0 Å². The molecule has 0 spiro atoms. The number of hydrogen-bond donors (Lipinski definition) is 1. The van der Waals surface area contributed by atoms with Gasteiger partial charge in [0, 0.05) is 12.1 Å². The van der Waals surface area contributed by atoms with E-state index < -0.39 is 17.7 Å². The van der Waals surface area contributed by atoms with Crippen LogP contribution in [0.1, 0.15) is 29.7 Å². The van der Waals surface area contributed by atoms with Crippen LogP contribution in [0.3, 0.4) is 0 Å². The highest BCUT2D eigenvalue weighted by molar-refractivity contribution is 6.46. The van der Waals surface area contributed by atoms with E-state index in [0.29, 0.717) is 51.3 Å². The number of hydrogen-bond acceptors (Lipinski definition) is 7. The molecule has 198 valence electrons. The second kappa shape index (κ2) is 11.5. The van der Waals surface area contributed by atoms with E-state index in [4.69, 9.17) is 30.5 Å². The van der Waals surface area contributed by atoms with Crippen molar-refractivity contribution in [2.75, 3.05) is 27.9 Å². The third-order valence-electron chi connectivity index (χ3n) is 6.25. The Kier molecular flexibility index (Phi) is 8.12. The fraction of sp³-hybridized carbons (Fsp3) is 0.241. The van der Waals surface area contributed by atoms with E-state index in [-0.39, 0.29) is 17.9 Å². The Morgan fingerprint density at radius 3 is 2.37 bits per heavy atom. The van der Waals surface area contributed by atoms with E-state index in [2.05, 4.69) is 0 Å². The lowest BCUT2D eigenvalue weighted by Gasteiger charge is -2.26. The highest BCUT2D eigenvalue weighted by Crippen LogP contribution is 2.42. The lowest BCUT2D eigenvalue weighted by molar-refractivity contribution is -0.140. The summed E-state index contributed by atoms with van der Waals surface area (Å²) in [4.78, 5) is 28.2. The average molecular weight is 538 g/mol. The van der Waals surface area contributed by atoms with Crippen LogP contribution in [0.15, 0.2) is 66.2 Å². The standard InChI is InChI=1S/C29H28ClNO7/c1-5-38-23-15-19(10-11-21(23)30)27(32)25-26(18-7-6-8-20(14-18)35-2)31(29(34)28(25)33)16-17-9-12-22(36-3)24(13-17)37-4/h6-15,26,32H,5,16H2,1-4H3/b27-25-.